The highest BCUT2D eigenvalue weighted by molar-refractivity contribution is 4.57. The van der Waals surface area contributed by atoms with Gasteiger partial charge in [0.1, 0.15) is 0 Å². The lowest BCUT2D eigenvalue weighted by Crippen LogP contribution is -1.83. The van der Waals surface area contributed by atoms with E-state index in [0.29, 0.717) is 6.54 Å². The van der Waals surface area contributed by atoms with Crippen LogP contribution in [-0.4, -0.2) is 18.3 Å². The minimum Gasteiger partial charge on any atom is -0.396 e. The van der Waals surface area contributed by atoms with Crippen molar-refractivity contribution >= 4 is 0 Å². The number of aliphatic hydroxyl groups is 1. The molecule has 0 unspecified atom stereocenters. The summed E-state index contributed by atoms with van der Waals surface area (Å²) < 4.78 is 0. The second-order valence-electron chi connectivity index (χ2n) is 1.67. The molecule has 0 spiro atoms. The van der Waals surface area contributed by atoms with Crippen LogP contribution in [0.5, 0.6) is 0 Å². The fraction of sp³-hybridized carbons (Fsp3) is 0.833. The molecule has 0 aromatic rings. The molecule has 2 nitrogen and oxygen atoms in total. The van der Waals surface area contributed by atoms with Crippen LogP contribution < -0.4 is 0 Å². The molecule has 0 atom stereocenters. The summed E-state index contributed by atoms with van der Waals surface area (Å²) in [5.74, 6) is 0. The van der Waals surface area contributed by atoms with E-state index in [9.17, 15) is 0 Å². The average molecular weight is 113 g/mol. The van der Waals surface area contributed by atoms with E-state index in [1.54, 1.807) is 0 Å². The Balaban J connectivity index is 2.65. The Morgan fingerprint density at radius 1 is 1.25 bits per heavy atom. The van der Waals surface area contributed by atoms with Gasteiger partial charge in [-0.2, -0.15) is 0 Å². The van der Waals surface area contributed by atoms with Crippen LogP contribution in [0.2, 0.25) is 0 Å². The number of hydrogen-bond acceptors (Lipinski definition) is 1. The van der Waals surface area contributed by atoms with Crippen LogP contribution in [0.1, 0.15) is 19.3 Å². The largest absolute Gasteiger partial charge is 0.396 e. The van der Waals surface area contributed by atoms with Gasteiger partial charge in [0.05, 0.1) is 0 Å². The molecule has 0 amide bonds. The highest BCUT2D eigenvalue weighted by atomic mass is 16.2. The first kappa shape index (κ1) is 7.45. The van der Waals surface area contributed by atoms with E-state index in [1.807, 2.05) is 0 Å². The third kappa shape index (κ3) is 5.45. The Labute approximate surface area is 50.0 Å². The van der Waals surface area contributed by atoms with Gasteiger partial charge in [0, 0.05) is 13.0 Å². The smallest absolute Gasteiger partial charge is 0.214 e. The first-order valence-electron chi connectivity index (χ1n) is 2.86. The second-order valence-corrected chi connectivity index (χ2v) is 1.67. The van der Waals surface area contributed by atoms with Gasteiger partial charge in [-0.1, -0.05) is 0 Å². The fourth-order valence-electron chi connectivity index (χ4n) is 0.479. The highest BCUT2D eigenvalue weighted by Gasteiger charge is 1.86. The molecule has 0 aliphatic heterocycles. The molecule has 0 aromatic carbocycles. The van der Waals surface area contributed by atoms with Crippen molar-refractivity contribution in [1.29, 1.82) is 0 Å². The van der Waals surface area contributed by atoms with Crippen molar-refractivity contribution in [2.45, 2.75) is 19.3 Å². The molecular weight excluding hydrogens is 102 g/mol. The van der Waals surface area contributed by atoms with Gasteiger partial charge >= 0.3 is 0 Å². The number of aliphatic hydroxyl groups excluding tert-OH is 1. The summed E-state index contributed by atoms with van der Waals surface area (Å²) in [7, 11) is 0. The zero-order chi connectivity index (χ0) is 6.24. The monoisotopic (exact) mass is 113 g/mol. The van der Waals surface area contributed by atoms with E-state index in [-0.39, 0.29) is 6.61 Å². The van der Waals surface area contributed by atoms with Crippen molar-refractivity contribution in [3.8, 4) is 0 Å². The molecule has 46 valence electrons. The Bertz CT molecular complexity index is 75.1. The molecule has 0 aromatic heterocycles. The van der Waals surface area contributed by atoms with E-state index in [0.717, 1.165) is 19.3 Å². The average Bonchev–Trinajstić information content (AvgIpc) is 1.81. The summed E-state index contributed by atoms with van der Waals surface area (Å²) >= 11 is 0. The quantitative estimate of drug-likeness (QED) is 0.428. The lowest BCUT2D eigenvalue weighted by atomic mass is 10.2. The molecule has 0 heterocycles. The lowest BCUT2D eigenvalue weighted by molar-refractivity contribution is 0.284. The van der Waals surface area contributed by atoms with E-state index in [4.69, 9.17) is 11.7 Å². The Kier molecular flexibility index (Phi) is 6.01. The molecule has 0 aliphatic carbocycles. The normalized spacial score (nSPS) is 8.50. The standard InChI is InChI=1S/C6H11NO/c1-7-5-3-2-4-6-8/h8H,2-6H2. The van der Waals surface area contributed by atoms with Crippen LogP contribution in [0.4, 0.5) is 0 Å². The molecule has 8 heavy (non-hydrogen) atoms. The van der Waals surface area contributed by atoms with E-state index < -0.39 is 0 Å². The minimum absolute atomic E-state index is 0.262. The zero-order valence-corrected chi connectivity index (χ0v) is 4.93. The molecule has 0 fully saturated rings. The molecule has 0 saturated heterocycles. The van der Waals surface area contributed by atoms with Crippen molar-refractivity contribution in [3.63, 3.8) is 0 Å². The lowest BCUT2D eigenvalue weighted by Gasteiger charge is -1.87. The van der Waals surface area contributed by atoms with Crippen LogP contribution in [0, 0.1) is 6.57 Å². The van der Waals surface area contributed by atoms with Gasteiger partial charge in [-0.15, -0.1) is 0 Å². The number of rotatable bonds is 4. The maximum Gasteiger partial charge on any atom is 0.214 e. The molecule has 0 rings (SSSR count). The summed E-state index contributed by atoms with van der Waals surface area (Å²) in [5, 5.41) is 8.29. The van der Waals surface area contributed by atoms with Gasteiger partial charge in [0.25, 0.3) is 0 Å². The van der Waals surface area contributed by atoms with Crippen LogP contribution in [-0.2, 0) is 0 Å². The Morgan fingerprint density at radius 3 is 2.50 bits per heavy atom. The second kappa shape index (κ2) is 6.45. The van der Waals surface area contributed by atoms with Gasteiger partial charge in [0.2, 0.25) is 6.54 Å². The molecule has 2 heteroatoms. The van der Waals surface area contributed by atoms with Crippen LogP contribution in [0.25, 0.3) is 4.85 Å². The van der Waals surface area contributed by atoms with E-state index >= 15 is 0 Å². The Morgan fingerprint density at radius 2 is 2.00 bits per heavy atom. The SMILES string of the molecule is [C-]#[N+]CCCCCO. The first-order chi connectivity index (χ1) is 3.91. The topological polar surface area (TPSA) is 24.6 Å². The summed E-state index contributed by atoms with van der Waals surface area (Å²) in [5.41, 5.74) is 0. The third-order valence-electron chi connectivity index (χ3n) is 0.928. The predicted octanol–water partition coefficient (Wildman–Crippen LogP) is 1.07. The fourth-order valence-corrected chi connectivity index (χ4v) is 0.479. The predicted molar refractivity (Wildman–Crippen MR) is 32.4 cm³/mol. The summed E-state index contributed by atoms with van der Waals surface area (Å²) in [6.45, 7) is 7.27. The van der Waals surface area contributed by atoms with Crippen LogP contribution >= 0.6 is 0 Å². The van der Waals surface area contributed by atoms with Crippen molar-refractivity contribution in [1.82, 2.24) is 0 Å². The van der Waals surface area contributed by atoms with Gasteiger partial charge in [-0.3, -0.25) is 0 Å². The molecule has 0 radical (unpaired) electrons. The van der Waals surface area contributed by atoms with Gasteiger partial charge in [-0.25, -0.2) is 6.57 Å². The summed E-state index contributed by atoms with van der Waals surface area (Å²) in [6.07, 6.45) is 2.76. The zero-order valence-electron chi connectivity index (χ0n) is 4.93. The maximum atomic E-state index is 8.29. The number of nitrogens with zero attached hydrogens (tertiary/aromatic N) is 1. The Hall–Kier alpha value is -0.550. The van der Waals surface area contributed by atoms with Gasteiger partial charge in [-0.05, 0) is 12.8 Å². The molecular formula is C6H11NO. The number of unbranched alkanes of at least 4 members (excludes halogenated alkanes) is 2. The number of hydrogen-bond donors (Lipinski definition) is 1. The van der Waals surface area contributed by atoms with Crippen LogP contribution in [0.3, 0.4) is 0 Å². The van der Waals surface area contributed by atoms with Gasteiger partial charge < -0.3 is 9.95 Å². The van der Waals surface area contributed by atoms with E-state index in [2.05, 4.69) is 4.85 Å². The highest BCUT2D eigenvalue weighted by Crippen LogP contribution is 1.92. The third-order valence-corrected chi connectivity index (χ3v) is 0.928. The molecule has 0 bridgehead atoms. The first-order valence-corrected chi connectivity index (χ1v) is 2.86. The molecule has 0 aliphatic rings. The molecule has 1 N–H and O–H groups in total. The minimum atomic E-state index is 0.262. The van der Waals surface area contributed by atoms with Crippen molar-refractivity contribution in [2.75, 3.05) is 13.2 Å². The summed E-state index contributed by atoms with van der Waals surface area (Å²) in [4.78, 5) is 3.18. The molecule has 0 saturated carbocycles. The summed E-state index contributed by atoms with van der Waals surface area (Å²) in [6, 6.07) is 0. The van der Waals surface area contributed by atoms with Gasteiger partial charge in [0.15, 0.2) is 0 Å². The van der Waals surface area contributed by atoms with Crippen molar-refractivity contribution in [3.05, 3.63) is 11.4 Å². The van der Waals surface area contributed by atoms with Crippen molar-refractivity contribution in [2.24, 2.45) is 0 Å². The van der Waals surface area contributed by atoms with E-state index in [1.165, 1.54) is 0 Å². The van der Waals surface area contributed by atoms with Crippen molar-refractivity contribution < 1.29 is 5.11 Å². The maximum absolute atomic E-state index is 8.29. The van der Waals surface area contributed by atoms with Crippen LogP contribution in [0.15, 0.2) is 0 Å².